The molecule has 2 heterocycles. The number of carbonyl (C=O) groups is 1. The summed E-state index contributed by atoms with van der Waals surface area (Å²) in [5.41, 5.74) is 3.75. The van der Waals surface area contributed by atoms with Crippen LogP contribution in [0.25, 0.3) is 11.4 Å². The number of hydrogen-bond acceptors (Lipinski definition) is 6. The Balaban J connectivity index is 1.40. The van der Waals surface area contributed by atoms with Crippen molar-refractivity contribution in [2.75, 3.05) is 5.32 Å². The van der Waals surface area contributed by atoms with E-state index in [4.69, 9.17) is 9.26 Å². The smallest absolute Gasteiger partial charge is 0.255 e. The second-order valence-corrected chi connectivity index (χ2v) is 6.90. The lowest BCUT2D eigenvalue weighted by Crippen LogP contribution is -2.11. The number of hydrogen-bond donors (Lipinski definition) is 2. The van der Waals surface area contributed by atoms with Crippen molar-refractivity contribution in [3.63, 3.8) is 0 Å². The molecular formula is C22H21N5O3. The Hall–Kier alpha value is -3.94. The lowest BCUT2D eigenvalue weighted by molar-refractivity contribution is 0.102. The van der Waals surface area contributed by atoms with Gasteiger partial charge in [0, 0.05) is 16.8 Å². The molecule has 1 amide bonds. The SMILES string of the molecule is Cc1nc(-c2cccc(NC(=O)c3ccc(OCc4c(C)noc4C)cc3)c2)n[nH]1. The average molecular weight is 403 g/mol. The van der Waals surface area contributed by atoms with Gasteiger partial charge in [0.05, 0.1) is 11.3 Å². The van der Waals surface area contributed by atoms with Crippen molar-refractivity contribution in [1.29, 1.82) is 0 Å². The maximum atomic E-state index is 12.6. The van der Waals surface area contributed by atoms with Gasteiger partial charge in [-0.3, -0.25) is 9.89 Å². The van der Waals surface area contributed by atoms with E-state index in [1.165, 1.54) is 0 Å². The van der Waals surface area contributed by atoms with E-state index in [1.807, 2.05) is 45.0 Å². The van der Waals surface area contributed by atoms with Crippen LogP contribution in [0.15, 0.2) is 53.1 Å². The highest BCUT2D eigenvalue weighted by molar-refractivity contribution is 6.04. The Labute approximate surface area is 173 Å². The number of carbonyl (C=O) groups excluding carboxylic acids is 1. The third-order valence-corrected chi connectivity index (χ3v) is 4.66. The summed E-state index contributed by atoms with van der Waals surface area (Å²) in [6, 6.07) is 14.4. The van der Waals surface area contributed by atoms with Crippen molar-refractivity contribution < 1.29 is 14.1 Å². The average Bonchev–Trinajstić information content (AvgIpc) is 3.32. The Morgan fingerprint density at radius 2 is 1.93 bits per heavy atom. The van der Waals surface area contributed by atoms with E-state index in [0.717, 1.165) is 28.4 Å². The molecule has 8 nitrogen and oxygen atoms in total. The minimum absolute atomic E-state index is 0.212. The summed E-state index contributed by atoms with van der Waals surface area (Å²) < 4.78 is 10.9. The number of benzene rings is 2. The van der Waals surface area contributed by atoms with Crippen LogP contribution in [0.5, 0.6) is 5.75 Å². The second-order valence-electron chi connectivity index (χ2n) is 6.90. The van der Waals surface area contributed by atoms with Crippen molar-refractivity contribution in [2.45, 2.75) is 27.4 Å². The van der Waals surface area contributed by atoms with E-state index in [0.29, 0.717) is 29.4 Å². The number of rotatable bonds is 6. The molecule has 4 rings (SSSR count). The number of aromatic amines is 1. The maximum Gasteiger partial charge on any atom is 0.255 e. The summed E-state index contributed by atoms with van der Waals surface area (Å²) >= 11 is 0. The first-order valence-corrected chi connectivity index (χ1v) is 9.45. The summed E-state index contributed by atoms with van der Waals surface area (Å²) in [6.07, 6.45) is 0. The highest BCUT2D eigenvalue weighted by atomic mass is 16.5. The van der Waals surface area contributed by atoms with E-state index in [1.54, 1.807) is 24.3 Å². The predicted molar refractivity (Wildman–Crippen MR) is 111 cm³/mol. The minimum atomic E-state index is -0.212. The monoisotopic (exact) mass is 403 g/mol. The number of anilines is 1. The zero-order valence-electron chi connectivity index (χ0n) is 16.9. The third kappa shape index (κ3) is 4.22. The van der Waals surface area contributed by atoms with Crippen LogP contribution in [0.4, 0.5) is 5.69 Å². The molecular weight excluding hydrogens is 382 g/mol. The number of nitrogens with zero attached hydrogens (tertiary/aromatic N) is 3. The molecule has 30 heavy (non-hydrogen) atoms. The number of H-pyrrole nitrogens is 1. The van der Waals surface area contributed by atoms with Crippen LogP contribution in [-0.4, -0.2) is 26.2 Å². The van der Waals surface area contributed by atoms with Crippen LogP contribution in [0.1, 0.15) is 33.2 Å². The van der Waals surface area contributed by atoms with Crippen molar-refractivity contribution in [2.24, 2.45) is 0 Å². The molecule has 0 spiro atoms. The van der Waals surface area contributed by atoms with Crippen molar-refractivity contribution in [3.8, 4) is 17.1 Å². The van der Waals surface area contributed by atoms with Gasteiger partial charge in [0.1, 0.15) is 23.9 Å². The van der Waals surface area contributed by atoms with Crippen LogP contribution < -0.4 is 10.1 Å². The predicted octanol–water partition coefficient (Wildman–Crippen LogP) is 4.22. The molecule has 0 radical (unpaired) electrons. The number of aromatic nitrogens is 4. The van der Waals surface area contributed by atoms with E-state index in [2.05, 4.69) is 25.7 Å². The van der Waals surface area contributed by atoms with Gasteiger partial charge in [-0.15, -0.1) is 0 Å². The molecule has 0 saturated carbocycles. The molecule has 0 aliphatic carbocycles. The zero-order valence-corrected chi connectivity index (χ0v) is 16.9. The van der Waals surface area contributed by atoms with Gasteiger partial charge in [-0.05, 0) is 57.2 Å². The fourth-order valence-electron chi connectivity index (χ4n) is 2.98. The van der Waals surface area contributed by atoms with Gasteiger partial charge in [-0.1, -0.05) is 17.3 Å². The number of ether oxygens (including phenoxy) is 1. The van der Waals surface area contributed by atoms with E-state index >= 15 is 0 Å². The number of aryl methyl sites for hydroxylation is 3. The molecule has 0 atom stereocenters. The normalized spacial score (nSPS) is 10.8. The molecule has 2 aromatic heterocycles. The lowest BCUT2D eigenvalue weighted by Gasteiger charge is -2.08. The molecule has 2 N–H and O–H groups in total. The van der Waals surface area contributed by atoms with Crippen LogP contribution in [0.3, 0.4) is 0 Å². The van der Waals surface area contributed by atoms with Crippen molar-refractivity contribution in [1.82, 2.24) is 20.3 Å². The molecule has 8 heteroatoms. The zero-order chi connectivity index (χ0) is 21.1. The summed E-state index contributed by atoms with van der Waals surface area (Å²) in [5, 5.41) is 13.8. The Kier molecular flexibility index (Phi) is 5.30. The highest BCUT2D eigenvalue weighted by Crippen LogP contribution is 2.21. The van der Waals surface area contributed by atoms with Gasteiger partial charge in [-0.2, -0.15) is 5.10 Å². The molecule has 4 aromatic rings. The molecule has 0 unspecified atom stereocenters. The van der Waals surface area contributed by atoms with E-state index in [-0.39, 0.29) is 5.91 Å². The molecule has 152 valence electrons. The molecule has 0 aliphatic rings. The van der Waals surface area contributed by atoms with Crippen LogP contribution in [-0.2, 0) is 6.61 Å². The fraction of sp³-hybridized carbons (Fsp3) is 0.182. The standard InChI is InChI=1S/C22H21N5O3/c1-13-20(14(2)30-27-13)12-29-19-9-7-16(8-10-19)22(28)24-18-6-4-5-17(11-18)21-23-15(3)25-26-21/h4-11H,12H2,1-3H3,(H,24,28)(H,23,25,26). The topological polar surface area (TPSA) is 106 Å². The van der Waals surface area contributed by atoms with E-state index < -0.39 is 0 Å². The summed E-state index contributed by atoms with van der Waals surface area (Å²) in [7, 11) is 0. The van der Waals surface area contributed by atoms with Crippen molar-refractivity contribution in [3.05, 3.63) is 76.9 Å². The van der Waals surface area contributed by atoms with Gasteiger partial charge in [0.25, 0.3) is 5.91 Å². The van der Waals surface area contributed by atoms with Gasteiger partial charge in [-0.25, -0.2) is 4.98 Å². The first kappa shape index (κ1) is 19.4. The Morgan fingerprint density at radius 3 is 2.60 bits per heavy atom. The number of amides is 1. The molecule has 0 bridgehead atoms. The summed E-state index contributed by atoms with van der Waals surface area (Å²) in [4.78, 5) is 16.9. The largest absolute Gasteiger partial charge is 0.489 e. The summed E-state index contributed by atoms with van der Waals surface area (Å²) in [6.45, 7) is 5.93. The maximum absolute atomic E-state index is 12.6. The Morgan fingerprint density at radius 1 is 1.13 bits per heavy atom. The number of nitrogens with one attached hydrogen (secondary N) is 2. The van der Waals surface area contributed by atoms with Crippen LogP contribution in [0.2, 0.25) is 0 Å². The quantitative estimate of drug-likeness (QED) is 0.499. The summed E-state index contributed by atoms with van der Waals surface area (Å²) in [5.74, 6) is 2.51. The molecule has 2 aromatic carbocycles. The minimum Gasteiger partial charge on any atom is -0.489 e. The highest BCUT2D eigenvalue weighted by Gasteiger charge is 2.11. The lowest BCUT2D eigenvalue weighted by atomic mass is 10.1. The van der Waals surface area contributed by atoms with E-state index in [9.17, 15) is 4.79 Å². The fourth-order valence-corrected chi connectivity index (χ4v) is 2.98. The first-order valence-electron chi connectivity index (χ1n) is 9.45. The van der Waals surface area contributed by atoms with Gasteiger partial charge in [0.2, 0.25) is 0 Å². The van der Waals surface area contributed by atoms with Crippen LogP contribution in [0, 0.1) is 20.8 Å². The van der Waals surface area contributed by atoms with Gasteiger partial charge < -0.3 is 14.6 Å². The second kappa shape index (κ2) is 8.20. The molecule has 0 fully saturated rings. The Bertz CT molecular complexity index is 1160. The molecule has 0 aliphatic heterocycles. The van der Waals surface area contributed by atoms with Gasteiger partial charge in [0.15, 0.2) is 5.82 Å². The first-order chi connectivity index (χ1) is 14.5. The van der Waals surface area contributed by atoms with Crippen LogP contribution >= 0.6 is 0 Å². The van der Waals surface area contributed by atoms with Gasteiger partial charge >= 0.3 is 0 Å². The third-order valence-electron chi connectivity index (χ3n) is 4.66. The van der Waals surface area contributed by atoms with Crippen molar-refractivity contribution >= 4 is 11.6 Å². The molecule has 0 saturated heterocycles.